The number of nitrogens with one attached hydrogen (secondary N) is 2. The minimum Gasteiger partial charge on any atom is -0.374 e. The van der Waals surface area contributed by atoms with Gasteiger partial charge in [0.2, 0.25) is 0 Å². The molecule has 0 bridgehead atoms. The monoisotopic (exact) mass is 614 g/mol. The molecule has 232 valence electrons. The van der Waals surface area contributed by atoms with Crippen molar-refractivity contribution in [2.24, 2.45) is 7.05 Å². The number of hydrogen-bond acceptors (Lipinski definition) is 7. The average molecular weight is 615 g/mol. The average Bonchev–Trinajstić information content (AvgIpc) is 2.98. The first kappa shape index (κ1) is 32.0. The number of anilines is 1. The van der Waals surface area contributed by atoms with Gasteiger partial charge in [-0.1, -0.05) is 19.9 Å². The quantitative estimate of drug-likeness (QED) is 0.259. The third-order valence-electron chi connectivity index (χ3n) is 7.25. The summed E-state index contributed by atoms with van der Waals surface area (Å²) in [5.41, 5.74) is -0.844. The highest BCUT2D eigenvalue weighted by atomic mass is 19.4. The molecule has 0 aliphatic heterocycles. The highest BCUT2D eigenvalue weighted by molar-refractivity contribution is 5.99. The van der Waals surface area contributed by atoms with E-state index in [0.717, 1.165) is 10.6 Å². The summed E-state index contributed by atoms with van der Waals surface area (Å²) in [6.07, 6.45) is -0.614. The summed E-state index contributed by atoms with van der Waals surface area (Å²) >= 11 is 0. The molecule has 4 aromatic rings. The van der Waals surface area contributed by atoms with Gasteiger partial charge in [0.1, 0.15) is 17.7 Å². The zero-order valence-corrected chi connectivity index (χ0v) is 24.3. The number of carbonyl (C=O) groups is 2. The van der Waals surface area contributed by atoms with E-state index in [9.17, 15) is 32.3 Å². The maximum Gasteiger partial charge on any atom is 0.408 e. The Kier molecular flexibility index (Phi) is 9.30. The van der Waals surface area contributed by atoms with Gasteiger partial charge in [-0.2, -0.15) is 13.2 Å². The molecular weight excluding hydrogens is 584 g/mol. The fourth-order valence-corrected chi connectivity index (χ4v) is 4.86. The van der Waals surface area contributed by atoms with E-state index in [-0.39, 0.29) is 47.5 Å². The Labute approximate surface area is 248 Å². The van der Waals surface area contributed by atoms with E-state index in [0.29, 0.717) is 11.1 Å². The van der Waals surface area contributed by atoms with Crippen LogP contribution in [0.3, 0.4) is 0 Å². The summed E-state index contributed by atoms with van der Waals surface area (Å²) in [6, 6.07) is 3.53. The van der Waals surface area contributed by atoms with Gasteiger partial charge in [-0.3, -0.25) is 23.9 Å². The van der Waals surface area contributed by atoms with Crippen molar-refractivity contribution in [3.05, 3.63) is 92.3 Å². The molecule has 0 saturated heterocycles. The first-order valence-electron chi connectivity index (χ1n) is 13.7. The Morgan fingerprint density at radius 1 is 1.07 bits per heavy atom. The van der Waals surface area contributed by atoms with Gasteiger partial charge in [0.05, 0.1) is 28.7 Å². The number of alkyl halides is 3. The fourth-order valence-electron chi connectivity index (χ4n) is 4.86. The molecule has 1 amide bonds. The first-order chi connectivity index (χ1) is 20.8. The van der Waals surface area contributed by atoms with Crippen LogP contribution in [-0.2, 0) is 18.3 Å². The zero-order valence-electron chi connectivity index (χ0n) is 24.3. The number of pyridine rings is 2. The second-order valence-electron chi connectivity index (χ2n) is 10.2. The van der Waals surface area contributed by atoms with Crippen LogP contribution in [0.1, 0.15) is 48.2 Å². The van der Waals surface area contributed by atoms with Gasteiger partial charge in [0.25, 0.3) is 11.5 Å². The maximum absolute atomic E-state index is 15.0. The highest BCUT2D eigenvalue weighted by Gasteiger charge is 2.38. The summed E-state index contributed by atoms with van der Waals surface area (Å²) in [6.45, 7) is 4.32. The van der Waals surface area contributed by atoms with Gasteiger partial charge < -0.3 is 10.6 Å². The van der Waals surface area contributed by atoms with Gasteiger partial charge in [-0.25, -0.2) is 18.7 Å². The van der Waals surface area contributed by atoms with Crippen molar-refractivity contribution in [1.82, 2.24) is 24.4 Å². The first-order valence-corrected chi connectivity index (χ1v) is 13.7. The minimum absolute atomic E-state index is 0.0357. The van der Waals surface area contributed by atoms with Crippen molar-refractivity contribution in [3.63, 3.8) is 0 Å². The number of fused-ring (bicyclic) bond motifs is 1. The SMILES string of the molecule is CCC(=O)[C@H](Cc1ccc(-n2c(=O)c3ccncc3n(C)c2=O)nc1)NC(=O)c1c(C)cc(N[C@H](CC)C(F)(F)F)cc1F. The molecule has 3 aromatic heterocycles. The van der Waals surface area contributed by atoms with E-state index in [4.69, 9.17) is 0 Å². The third kappa shape index (κ3) is 6.53. The number of carbonyl (C=O) groups excluding carboxylic acids is 2. The second-order valence-corrected chi connectivity index (χ2v) is 10.2. The summed E-state index contributed by atoms with van der Waals surface area (Å²) in [5.74, 6) is -2.27. The molecule has 14 heteroatoms. The van der Waals surface area contributed by atoms with Crippen molar-refractivity contribution < 1.29 is 27.2 Å². The Bertz CT molecular complexity index is 1810. The highest BCUT2D eigenvalue weighted by Crippen LogP contribution is 2.28. The molecule has 1 aromatic carbocycles. The number of ketones is 1. The van der Waals surface area contributed by atoms with E-state index in [1.165, 1.54) is 62.3 Å². The molecule has 3 heterocycles. The van der Waals surface area contributed by atoms with Gasteiger partial charge >= 0.3 is 11.9 Å². The molecule has 0 fully saturated rings. The smallest absolute Gasteiger partial charge is 0.374 e. The predicted molar refractivity (Wildman–Crippen MR) is 156 cm³/mol. The number of halogens is 4. The molecule has 0 radical (unpaired) electrons. The second kappa shape index (κ2) is 12.8. The van der Waals surface area contributed by atoms with Crippen LogP contribution >= 0.6 is 0 Å². The zero-order chi connectivity index (χ0) is 32.3. The summed E-state index contributed by atoms with van der Waals surface area (Å²) in [4.78, 5) is 60.0. The standard InChI is InChI=1S/C30H30F4N6O4/c1-5-23(41)21(38-27(42)26-16(3)11-18(13-20(26)31)37-24(6-2)30(32,33)34)12-17-7-8-25(36-14-17)40-28(43)19-9-10-35-15-22(19)39(4)29(40)44/h7-11,13-15,21,24,37H,5-6,12H2,1-4H3,(H,38,42)/t21-,24+/m0/s1. The predicted octanol–water partition coefficient (Wildman–Crippen LogP) is 4.00. The van der Waals surface area contributed by atoms with Crippen LogP contribution in [0.5, 0.6) is 0 Å². The number of amides is 1. The maximum atomic E-state index is 15.0. The Morgan fingerprint density at radius 2 is 1.80 bits per heavy atom. The number of nitrogens with zero attached hydrogens (tertiary/aromatic N) is 4. The third-order valence-corrected chi connectivity index (χ3v) is 7.25. The Balaban J connectivity index is 1.57. The molecular formula is C30H30F4N6O4. The molecule has 0 unspecified atom stereocenters. The van der Waals surface area contributed by atoms with E-state index < -0.39 is 46.8 Å². The van der Waals surface area contributed by atoms with Crippen LogP contribution < -0.4 is 21.9 Å². The fraction of sp³-hybridized carbons (Fsp3) is 0.333. The number of Topliss-reactive ketones (excluding diaryl/α,β-unsaturated/α-hetero) is 1. The van der Waals surface area contributed by atoms with Crippen LogP contribution in [0.15, 0.2) is 58.5 Å². The van der Waals surface area contributed by atoms with E-state index >= 15 is 4.39 Å². The van der Waals surface area contributed by atoms with E-state index in [1.54, 1.807) is 13.0 Å². The van der Waals surface area contributed by atoms with E-state index in [2.05, 4.69) is 20.6 Å². The van der Waals surface area contributed by atoms with Crippen LogP contribution in [0, 0.1) is 12.7 Å². The van der Waals surface area contributed by atoms with Crippen LogP contribution in [0.25, 0.3) is 16.7 Å². The molecule has 0 aliphatic carbocycles. The molecule has 0 spiro atoms. The number of rotatable bonds is 10. The molecule has 4 rings (SSSR count). The number of benzene rings is 1. The lowest BCUT2D eigenvalue weighted by Crippen LogP contribution is -2.42. The Hall–Kier alpha value is -4.88. The van der Waals surface area contributed by atoms with Crippen molar-refractivity contribution >= 4 is 28.3 Å². The number of aromatic nitrogens is 4. The molecule has 2 atom stereocenters. The van der Waals surface area contributed by atoms with Gasteiger partial charge in [0, 0.05) is 38.0 Å². The molecule has 2 N–H and O–H groups in total. The van der Waals surface area contributed by atoms with Gasteiger partial charge in [-0.05, 0) is 48.7 Å². The molecule has 44 heavy (non-hydrogen) atoms. The molecule has 10 nitrogen and oxygen atoms in total. The minimum atomic E-state index is -4.55. The van der Waals surface area contributed by atoms with Gasteiger partial charge in [-0.15, -0.1) is 0 Å². The molecule has 0 aliphatic rings. The normalized spacial score (nSPS) is 13.0. The summed E-state index contributed by atoms with van der Waals surface area (Å²) in [5, 5.41) is 5.05. The number of hydrogen-bond donors (Lipinski definition) is 2. The van der Waals surface area contributed by atoms with Crippen molar-refractivity contribution in [2.45, 2.75) is 58.3 Å². The summed E-state index contributed by atoms with van der Waals surface area (Å²) < 4.78 is 56.7. The number of aryl methyl sites for hydroxylation is 2. The largest absolute Gasteiger partial charge is 0.408 e. The topological polar surface area (TPSA) is 128 Å². The van der Waals surface area contributed by atoms with Gasteiger partial charge in [0.15, 0.2) is 5.78 Å². The van der Waals surface area contributed by atoms with E-state index in [1.807, 2.05) is 0 Å². The van der Waals surface area contributed by atoms with Crippen LogP contribution in [0.2, 0.25) is 0 Å². The summed E-state index contributed by atoms with van der Waals surface area (Å²) in [7, 11) is 1.50. The lowest BCUT2D eigenvalue weighted by atomic mass is 10.00. The van der Waals surface area contributed by atoms with Crippen LogP contribution in [0.4, 0.5) is 23.2 Å². The Morgan fingerprint density at radius 3 is 2.39 bits per heavy atom. The van der Waals surface area contributed by atoms with Crippen molar-refractivity contribution in [3.8, 4) is 5.82 Å². The van der Waals surface area contributed by atoms with Crippen LogP contribution in [-0.4, -0.2) is 49.1 Å². The lowest BCUT2D eigenvalue weighted by molar-refractivity contribution is -0.142. The van der Waals surface area contributed by atoms with Crippen molar-refractivity contribution in [2.75, 3.05) is 5.32 Å². The molecule has 0 saturated carbocycles. The van der Waals surface area contributed by atoms with Crippen molar-refractivity contribution in [1.29, 1.82) is 0 Å². The lowest BCUT2D eigenvalue weighted by Gasteiger charge is -2.22.